The van der Waals surface area contributed by atoms with Crippen LogP contribution in [-0.4, -0.2) is 95.5 Å². The van der Waals surface area contributed by atoms with E-state index >= 15 is 0 Å². The minimum atomic E-state index is -1.17. The summed E-state index contributed by atoms with van der Waals surface area (Å²) in [7, 11) is 3.30. The third-order valence-corrected chi connectivity index (χ3v) is 11.2. The molecule has 1 rings (SSSR count). The third kappa shape index (κ3) is 21.5. The second kappa shape index (κ2) is 32.4. The molecule has 0 unspecified atom stereocenters. The first-order valence-corrected chi connectivity index (χ1v) is 22.1. The van der Waals surface area contributed by atoms with E-state index in [0.29, 0.717) is 24.6 Å². The van der Waals surface area contributed by atoms with Crippen LogP contribution in [0, 0.1) is 0 Å². The third-order valence-electron chi connectivity index (χ3n) is 10.7. The average Bonchev–Trinajstić information content (AvgIpc) is 3.13. The van der Waals surface area contributed by atoms with Crippen molar-refractivity contribution >= 4 is 23.2 Å². The molecule has 0 saturated carbocycles. The van der Waals surface area contributed by atoms with Gasteiger partial charge in [0.25, 0.3) is 0 Å². The van der Waals surface area contributed by atoms with Crippen LogP contribution in [0.25, 0.3) is 0 Å². The lowest BCUT2D eigenvalue weighted by Crippen LogP contribution is -2.67. The summed E-state index contributed by atoms with van der Waals surface area (Å²) in [6, 6.07) is -0.660. The molecule has 3 N–H and O–H groups in total. The van der Waals surface area contributed by atoms with E-state index in [-0.39, 0.29) is 12.5 Å². The molecule has 0 aliphatic carbocycles. The second-order valence-electron chi connectivity index (χ2n) is 15.2. The summed E-state index contributed by atoms with van der Waals surface area (Å²) >= 11 is 5.53. The molecule has 1 amide bonds. The number of aliphatic hydroxyl groups is 2. The standard InChI is InChI=1S/C42H83N3O5S/c1-6-9-11-13-15-17-18-19-20-21-22-23-25-27-29-31-34-44(37(46)32-30-28-26-24-16-14-12-10-7-2)35-36-39(47)40(48)38(41(49-5)50-36)45(33-8-3)42(51)43-4/h36,38-41,47-48H,6-35H2,1-5H3,(H,43,51)/t36-,38-,39-,40-,41+/m1/s1. The van der Waals surface area contributed by atoms with Crippen LogP contribution in [-0.2, 0) is 14.3 Å². The lowest BCUT2D eigenvalue weighted by Gasteiger charge is -2.48. The Morgan fingerprint density at radius 1 is 0.647 bits per heavy atom. The molecule has 5 atom stereocenters. The average molecular weight is 742 g/mol. The lowest BCUT2D eigenvalue weighted by molar-refractivity contribution is -0.271. The molecule has 8 nitrogen and oxygen atoms in total. The molecule has 1 aliphatic rings. The number of carbonyl (C=O) groups is 1. The van der Waals surface area contributed by atoms with Crippen LogP contribution in [0.15, 0.2) is 0 Å². The summed E-state index contributed by atoms with van der Waals surface area (Å²) < 4.78 is 12.0. The highest BCUT2D eigenvalue weighted by Crippen LogP contribution is 2.28. The van der Waals surface area contributed by atoms with Gasteiger partial charge in [-0.2, -0.15) is 0 Å². The number of amides is 1. The van der Waals surface area contributed by atoms with E-state index in [9.17, 15) is 15.0 Å². The monoisotopic (exact) mass is 742 g/mol. The highest BCUT2D eigenvalue weighted by molar-refractivity contribution is 7.80. The molecule has 0 spiro atoms. The second-order valence-corrected chi connectivity index (χ2v) is 15.6. The van der Waals surface area contributed by atoms with E-state index in [1.807, 2.05) is 16.7 Å². The van der Waals surface area contributed by atoms with Crippen molar-refractivity contribution in [3.63, 3.8) is 0 Å². The van der Waals surface area contributed by atoms with Gasteiger partial charge in [-0.1, -0.05) is 168 Å². The fourth-order valence-electron chi connectivity index (χ4n) is 7.49. The van der Waals surface area contributed by atoms with Crippen LogP contribution in [0.2, 0.25) is 0 Å². The van der Waals surface area contributed by atoms with Crippen LogP contribution in [0.4, 0.5) is 0 Å². The molecule has 9 heteroatoms. The molecule has 1 heterocycles. The van der Waals surface area contributed by atoms with Gasteiger partial charge in [0.15, 0.2) is 11.4 Å². The SMILES string of the molecule is CCCCCCCCCCCCCCCCCCN(C[C@H]1O[C@H](OC)[C@H](N(CCC)C(=S)NC)[C@@H](O)[C@@H]1O)C(=O)CCCCCCCCCCC. The first kappa shape index (κ1) is 48.0. The number of ether oxygens (including phenoxy) is 2. The van der Waals surface area contributed by atoms with E-state index in [0.717, 1.165) is 32.1 Å². The van der Waals surface area contributed by atoms with Crippen molar-refractivity contribution in [1.29, 1.82) is 0 Å². The number of nitrogens with one attached hydrogen (secondary N) is 1. The van der Waals surface area contributed by atoms with Crippen molar-refractivity contribution in [1.82, 2.24) is 15.1 Å². The van der Waals surface area contributed by atoms with Gasteiger partial charge in [0, 0.05) is 40.2 Å². The Labute approximate surface area is 320 Å². The van der Waals surface area contributed by atoms with Gasteiger partial charge in [0.05, 0.1) is 0 Å². The first-order valence-electron chi connectivity index (χ1n) is 21.7. The van der Waals surface area contributed by atoms with Crippen LogP contribution >= 0.6 is 12.2 Å². The molecule has 0 radical (unpaired) electrons. The number of rotatable bonds is 33. The molecule has 1 fully saturated rings. The number of hydrogen-bond donors (Lipinski definition) is 3. The predicted molar refractivity (Wildman–Crippen MR) is 218 cm³/mol. The number of nitrogens with zero attached hydrogens (tertiary/aromatic N) is 2. The van der Waals surface area contributed by atoms with E-state index in [1.54, 1.807) is 14.2 Å². The minimum absolute atomic E-state index is 0.115. The van der Waals surface area contributed by atoms with Crippen molar-refractivity contribution < 1.29 is 24.5 Å². The molecule has 1 aliphatic heterocycles. The highest BCUT2D eigenvalue weighted by atomic mass is 32.1. The molecule has 1 saturated heterocycles. The zero-order chi connectivity index (χ0) is 37.5. The summed E-state index contributed by atoms with van der Waals surface area (Å²) in [6.45, 7) is 8.04. The first-order chi connectivity index (χ1) is 24.9. The van der Waals surface area contributed by atoms with Gasteiger partial charge in [0.2, 0.25) is 5.91 Å². The van der Waals surface area contributed by atoms with E-state index in [4.69, 9.17) is 21.7 Å². The number of carbonyl (C=O) groups excluding carboxylic acids is 1. The summed E-state index contributed by atoms with van der Waals surface area (Å²) in [5.74, 6) is 0.115. The maximum absolute atomic E-state index is 13.6. The summed E-state index contributed by atoms with van der Waals surface area (Å²) in [6.07, 6.45) is 29.3. The molecule has 0 bridgehead atoms. The van der Waals surface area contributed by atoms with Gasteiger partial charge in [-0.05, 0) is 31.5 Å². The quantitative estimate of drug-likeness (QED) is 0.0453. The van der Waals surface area contributed by atoms with Crippen molar-refractivity contribution in [3.05, 3.63) is 0 Å². The van der Waals surface area contributed by atoms with Crippen molar-refractivity contribution in [2.24, 2.45) is 0 Å². The predicted octanol–water partition coefficient (Wildman–Crippen LogP) is 9.68. The largest absolute Gasteiger partial charge is 0.388 e. The van der Waals surface area contributed by atoms with Crippen LogP contribution in [0.3, 0.4) is 0 Å². The van der Waals surface area contributed by atoms with Crippen LogP contribution in [0.5, 0.6) is 0 Å². The molecular formula is C42H83N3O5S. The smallest absolute Gasteiger partial charge is 0.222 e. The Morgan fingerprint density at radius 3 is 1.49 bits per heavy atom. The molecule has 0 aromatic heterocycles. The Bertz CT molecular complexity index is 834. The summed E-state index contributed by atoms with van der Waals surface area (Å²) in [4.78, 5) is 17.3. The van der Waals surface area contributed by atoms with E-state index < -0.39 is 30.6 Å². The zero-order valence-corrected chi connectivity index (χ0v) is 34.8. The fourth-order valence-corrected chi connectivity index (χ4v) is 7.71. The van der Waals surface area contributed by atoms with Gasteiger partial charge in [-0.15, -0.1) is 0 Å². The lowest BCUT2D eigenvalue weighted by atomic mass is 9.94. The van der Waals surface area contributed by atoms with Crippen LogP contribution in [0.1, 0.15) is 194 Å². The van der Waals surface area contributed by atoms with E-state index in [1.165, 1.54) is 135 Å². The number of hydrogen-bond acceptors (Lipinski definition) is 6. The maximum atomic E-state index is 13.6. The number of methoxy groups -OCH3 is 1. The van der Waals surface area contributed by atoms with Gasteiger partial charge < -0.3 is 34.8 Å². The maximum Gasteiger partial charge on any atom is 0.222 e. The van der Waals surface area contributed by atoms with Crippen molar-refractivity contribution in [2.45, 2.75) is 225 Å². The van der Waals surface area contributed by atoms with Gasteiger partial charge >= 0.3 is 0 Å². The van der Waals surface area contributed by atoms with Crippen molar-refractivity contribution in [3.8, 4) is 0 Å². The van der Waals surface area contributed by atoms with Gasteiger partial charge in [0.1, 0.15) is 24.4 Å². The van der Waals surface area contributed by atoms with Crippen LogP contribution < -0.4 is 5.32 Å². The summed E-state index contributed by atoms with van der Waals surface area (Å²) in [5, 5.41) is 26.2. The molecule has 51 heavy (non-hydrogen) atoms. The Hall–Kier alpha value is -1.00. The Morgan fingerprint density at radius 2 is 1.08 bits per heavy atom. The fraction of sp³-hybridized carbons (Fsp3) is 0.952. The van der Waals surface area contributed by atoms with E-state index in [2.05, 4.69) is 19.2 Å². The molecule has 0 aromatic rings. The number of unbranched alkanes of at least 4 members (excludes halogenated alkanes) is 23. The highest BCUT2D eigenvalue weighted by Gasteiger charge is 2.48. The molecular weight excluding hydrogens is 659 g/mol. The normalized spacial score (nSPS) is 20.4. The zero-order valence-electron chi connectivity index (χ0n) is 34.0. The number of thiocarbonyl (C=S) groups is 1. The Balaban J connectivity index is 2.60. The molecule has 0 aromatic carbocycles. The Kier molecular flexibility index (Phi) is 30.5. The molecule has 302 valence electrons. The van der Waals surface area contributed by atoms with Gasteiger partial charge in [-0.25, -0.2) is 0 Å². The van der Waals surface area contributed by atoms with Gasteiger partial charge in [-0.3, -0.25) is 4.79 Å². The number of aliphatic hydroxyl groups excluding tert-OH is 2. The van der Waals surface area contributed by atoms with Crippen molar-refractivity contribution in [2.75, 3.05) is 33.8 Å². The summed E-state index contributed by atoms with van der Waals surface area (Å²) in [5.41, 5.74) is 0. The minimum Gasteiger partial charge on any atom is -0.388 e. The topological polar surface area (TPSA) is 94.5 Å².